The Morgan fingerprint density at radius 3 is 2.27 bits per heavy atom. The predicted molar refractivity (Wildman–Crippen MR) is 64.0 cm³/mol. The summed E-state index contributed by atoms with van der Waals surface area (Å²) in [5, 5.41) is 4.19. The molecule has 0 saturated carbocycles. The Morgan fingerprint density at radius 1 is 1.09 bits per heavy atom. The molecule has 9 heteroatoms. The molecule has 3 aromatic rings. The molecule has 0 saturated heterocycles. The first kappa shape index (κ1) is 16.3. The Kier molecular flexibility index (Phi) is 4.69. The first-order valence-electron chi connectivity index (χ1n) is 6.13. The maximum Gasteiger partial charge on any atom is 0.247 e. The summed E-state index contributed by atoms with van der Waals surface area (Å²) in [4.78, 5) is 4.36. The molecule has 116 valence electrons. The largest absolute Gasteiger partial charge is 0.247 e. The normalized spacial score (nSPS) is 11.2. The third kappa shape index (κ3) is 4.72. The minimum atomic E-state index is -4.94. The lowest BCUT2D eigenvalue weighted by Crippen LogP contribution is -2.68. The van der Waals surface area contributed by atoms with E-state index in [1.807, 2.05) is 18.5 Å². The summed E-state index contributed by atoms with van der Waals surface area (Å²) >= 11 is 0. The van der Waals surface area contributed by atoms with Crippen molar-refractivity contribution in [3.8, 4) is 5.69 Å². The summed E-state index contributed by atoms with van der Waals surface area (Å²) < 4.78 is 37.8. The van der Waals surface area contributed by atoms with Crippen LogP contribution < -0.4 is 23.2 Å². The molecule has 0 aromatic carbocycles. The molecule has 3 heterocycles. The first-order chi connectivity index (χ1) is 10.2. The Balaban J connectivity index is 0.000000309. The second kappa shape index (κ2) is 6.34. The summed E-state index contributed by atoms with van der Waals surface area (Å²) in [7, 11) is -4.94. The summed E-state index contributed by atoms with van der Waals surface area (Å²) in [5.41, 5.74) is 4.32. The van der Waals surface area contributed by atoms with Gasteiger partial charge in [0.25, 0.3) is 0 Å². The fraction of sp³-hybridized carbons (Fsp3) is 0.154. The Hall–Kier alpha value is -2.10. The average Bonchev–Trinajstić information content (AvgIpc) is 2.82. The van der Waals surface area contributed by atoms with E-state index in [0.717, 1.165) is 11.3 Å². The molecule has 8 nitrogen and oxygen atoms in total. The van der Waals surface area contributed by atoms with Crippen LogP contribution in [0.4, 0.5) is 0 Å². The maximum atomic E-state index is 8.49. The summed E-state index contributed by atoms with van der Waals surface area (Å²) in [6.07, 6.45) is 9.74. The lowest BCUT2D eigenvalue weighted by Gasteiger charge is -2.17. The second-order valence-electron chi connectivity index (χ2n) is 4.62. The molecule has 0 aliphatic heterocycles. The van der Waals surface area contributed by atoms with Crippen molar-refractivity contribution >= 4 is 5.65 Å². The van der Waals surface area contributed by atoms with E-state index in [2.05, 4.69) is 47.0 Å². The van der Waals surface area contributed by atoms with Crippen molar-refractivity contribution in [3.63, 3.8) is 0 Å². The summed E-state index contributed by atoms with van der Waals surface area (Å²) in [6.45, 7) is 4.17. The number of pyridine rings is 1. The lowest BCUT2D eigenvalue weighted by molar-refractivity contribution is -2.00. The van der Waals surface area contributed by atoms with Gasteiger partial charge in [0.1, 0.15) is 12.4 Å². The van der Waals surface area contributed by atoms with Gasteiger partial charge in [0.05, 0.1) is 6.20 Å². The van der Waals surface area contributed by atoms with Crippen LogP contribution in [-0.2, 0) is 0 Å². The van der Waals surface area contributed by atoms with E-state index in [4.69, 9.17) is 18.6 Å². The number of hydrogen-bond donors (Lipinski definition) is 0. The highest BCUT2D eigenvalue weighted by Gasteiger charge is 2.09. The molecule has 0 unspecified atom stereocenters. The number of fused-ring (bicyclic) bond motifs is 1. The lowest BCUT2D eigenvalue weighted by atomic mass is 10.2. The zero-order valence-electron chi connectivity index (χ0n) is 11.8. The van der Waals surface area contributed by atoms with E-state index in [1.165, 1.54) is 11.1 Å². The van der Waals surface area contributed by atoms with Crippen molar-refractivity contribution in [2.45, 2.75) is 13.8 Å². The van der Waals surface area contributed by atoms with Crippen LogP contribution in [0.15, 0.2) is 43.1 Å². The van der Waals surface area contributed by atoms with E-state index < -0.39 is 10.2 Å². The number of nitrogens with zero attached hydrogens (tertiary/aromatic N) is 4. The van der Waals surface area contributed by atoms with Crippen LogP contribution in [0.5, 0.6) is 0 Å². The number of aryl methyl sites for hydroxylation is 2. The van der Waals surface area contributed by atoms with Gasteiger partial charge in [-0.05, 0) is 19.9 Å². The quantitative estimate of drug-likeness (QED) is 0.435. The van der Waals surface area contributed by atoms with Gasteiger partial charge >= 0.3 is 0 Å². The van der Waals surface area contributed by atoms with Gasteiger partial charge in [-0.15, -0.1) is 10.2 Å². The zero-order valence-corrected chi connectivity index (χ0v) is 12.6. The van der Waals surface area contributed by atoms with E-state index in [-0.39, 0.29) is 0 Å². The molecule has 3 aromatic heterocycles. The highest BCUT2D eigenvalue weighted by atomic mass is 35.7. The molecular weight excluding hydrogens is 312 g/mol. The number of halogens is 1. The van der Waals surface area contributed by atoms with Crippen molar-refractivity contribution < 1.29 is 33.4 Å². The van der Waals surface area contributed by atoms with E-state index >= 15 is 0 Å². The summed E-state index contributed by atoms with van der Waals surface area (Å²) in [6, 6.07) is 4.03. The molecule has 0 aliphatic rings. The average molecular weight is 325 g/mol. The molecule has 0 amide bonds. The summed E-state index contributed by atoms with van der Waals surface area (Å²) in [5.74, 6) is 0. The van der Waals surface area contributed by atoms with Gasteiger partial charge < -0.3 is 0 Å². The van der Waals surface area contributed by atoms with Crippen LogP contribution >= 0.6 is 0 Å². The van der Waals surface area contributed by atoms with Gasteiger partial charge in [-0.2, -0.15) is 9.67 Å². The van der Waals surface area contributed by atoms with Gasteiger partial charge in [0.2, 0.25) is 5.69 Å². The van der Waals surface area contributed by atoms with Crippen LogP contribution in [0.3, 0.4) is 0 Å². The van der Waals surface area contributed by atoms with Gasteiger partial charge in [0, 0.05) is 17.2 Å². The SMILES string of the molecule is Cc1cc(C)c[n+](-c2cnc3ccnn3c2)c1.[O-][Cl+3]([O-])([O-])[O-]. The van der Waals surface area contributed by atoms with E-state index in [1.54, 1.807) is 10.7 Å². The predicted octanol–water partition coefficient (Wildman–Crippen LogP) is -3.13. The minimum absolute atomic E-state index is 0.860. The molecule has 0 radical (unpaired) electrons. The Bertz CT molecular complexity index is 759. The third-order valence-electron chi connectivity index (χ3n) is 2.67. The van der Waals surface area contributed by atoms with Crippen LogP contribution in [0, 0.1) is 24.1 Å². The monoisotopic (exact) mass is 324 g/mol. The van der Waals surface area contributed by atoms with Gasteiger partial charge in [0.15, 0.2) is 18.0 Å². The molecular formula is C13H13ClN4O4. The molecule has 0 atom stereocenters. The molecule has 22 heavy (non-hydrogen) atoms. The molecule has 0 spiro atoms. The first-order valence-corrected chi connectivity index (χ1v) is 7.37. The smallest absolute Gasteiger partial charge is 0.230 e. The van der Waals surface area contributed by atoms with Crippen molar-refractivity contribution in [2.75, 3.05) is 0 Å². The molecule has 0 N–H and O–H groups in total. The second-order valence-corrected chi connectivity index (χ2v) is 5.38. The van der Waals surface area contributed by atoms with Crippen molar-refractivity contribution in [2.24, 2.45) is 0 Å². The molecule has 3 rings (SSSR count). The Morgan fingerprint density at radius 2 is 1.68 bits per heavy atom. The van der Waals surface area contributed by atoms with Crippen molar-refractivity contribution in [1.82, 2.24) is 14.6 Å². The van der Waals surface area contributed by atoms with E-state index in [0.29, 0.717) is 0 Å². The molecule has 0 aliphatic carbocycles. The van der Waals surface area contributed by atoms with Crippen LogP contribution in [-0.4, -0.2) is 14.6 Å². The van der Waals surface area contributed by atoms with Crippen LogP contribution in [0.1, 0.15) is 11.1 Å². The van der Waals surface area contributed by atoms with Gasteiger partial charge in [-0.1, -0.05) is 0 Å². The fourth-order valence-electron chi connectivity index (χ4n) is 1.99. The topological polar surface area (TPSA) is 126 Å². The zero-order chi connectivity index (χ0) is 16.3. The van der Waals surface area contributed by atoms with E-state index in [9.17, 15) is 0 Å². The maximum absolute atomic E-state index is 8.49. The molecule has 0 bridgehead atoms. The highest BCUT2D eigenvalue weighted by molar-refractivity contribution is 5.37. The molecule has 0 fully saturated rings. The Labute approximate surface area is 128 Å². The van der Waals surface area contributed by atoms with Crippen molar-refractivity contribution in [1.29, 1.82) is 0 Å². The van der Waals surface area contributed by atoms with Crippen LogP contribution in [0.2, 0.25) is 0 Å². The highest BCUT2D eigenvalue weighted by Crippen LogP contribution is 2.04. The van der Waals surface area contributed by atoms with Gasteiger partial charge in [-0.3, -0.25) is 0 Å². The number of aromatic nitrogens is 4. The van der Waals surface area contributed by atoms with Crippen LogP contribution in [0.25, 0.3) is 11.3 Å². The fourth-order valence-corrected chi connectivity index (χ4v) is 1.99. The minimum Gasteiger partial charge on any atom is -0.230 e. The third-order valence-corrected chi connectivity index (χ3v) is 2.67. The number of rotatable bonds is 1. The van der Waals surface area contributed by atoms with Gasteiger partial charge in [-0.25, -0.2) is 28.1 Å². The number of hydrogen-bond acceptors (Lipinski definition) is 6. The van der Waals surface area contributed by atoms with Crippen molar-refractivity contribution in [3.05, 3.63) is 54.2 Å². The standard InChI is InChI=1S/C13H13N4.ClHO4/c1-10-5-11(2)8-16(7-10)12-6-14-13-3-4-15-17(13)9-12;2-1(3,4)5/h3-9H,1-2H3;(H,2,3,4,5)/q+1;/p-1.